The molecule has 3 N–H and O–H groups in total. The van der Waals surface area contributed by atoms with Crippen LogP contribution in [0.15, 0.2) is 12.3 Å². The Labute approximate surface area is 78.6 Å². The van der Waals surface area contributed by atoms with Crippen LogP contribution in [-0.2, 0) is 0 Å². The van der Waals surface area contributed by atoms with Gasteiger partial charge in [-0.2, -0.15) is 0 Å². The summed E-state index contributed by atoms with van der Waals surface area (Å²) in [6.07, 6.45) is 2.67. The Morgan fingerprint density at radius 3 is 3.00 bits per heavy atom. The molecule has 1 unspecified atom stereocenters. The van der Waals surface area contributed by atoms with E-state index in [-0.39, 0.29) is 6.04 Å². The largest absolute Gasteiger partial charge is 0.354 e. The molecule has 1 aromatic rings. The molecule has 0 radical (unpaired) electrons. The minimum atomic E-state index is 0.220. The van der Waals surface area contributed by atoms with E-state index in [4.69, 9.17) is 5.73 Å². The smallest absolute Gasteiger partial charge is 0.222 e. The van der Waals surface area contributed by atoms with E-state index in [9.17, 15) is 0 Å². The zero-order chi connectivity index (χ0) is 9.68. The molecule has 72 valence electrons. The average Bonchev–Trinajstić information content (AvgIpc) is 2.03. The molecule has 0 aromatic carbocycles. The van der Waals surface area contributed by atoms with Gasteiger partial charge in [0.05, 0.1) is 0 Å². The van der Waals surface area contributed by atoms with Gasteiger partial charge < -0.3 is 11.1 Å². The molecule has 1 rings (SSSR count). The molecule has 0 saturated carbocycles. The molecular weight excluding hydrogens is 164 g/mol. The summed E-state index contributed by atoms with van der Waals surface area (Å²) in [5.41, 5.74) is 6.58. The van der Waals surface area contributed by atoms with Crippen molar-refractivity contribution in [2.75, 3.05) is 11.9 Å². The highest BCUT2D eigenvalue weighted by Crippen LogP contribution is 1.98. The lowest BCUT2D eigenvalue weighted by atomic mass is 10.2. The molecule has 4 heteroatoms. The Morgan fingerprint density at radius 2 is 2.38 bits per heavy atom. The maximum absolute atomic E-state index is 5.61. The summed E-state index contributed by atoms with van der Waals surface area (Å²) in [5.74, 6) is 0.681. The fourth-order valence-corrected chi connectivity index (χ4v) is 0.946. The van der Waals surface area contributed by atoms with Crippen molar-refractivity contribution in [2.24, 2.45) is 5.73 Å². The SMILES string of the molecule is Cc1ccnc(NCCC(C)N)n1. The van der Waals surface area contributed by atoms with Gasteiger partial charge in [-0.1, -0.05) is 0 Å². The minimum absolute atomic E-state index is 0.220. The number of nitrogens with one attached hydrogen (secondary N) is 1. The van der Waals surface area contributed by atoms with Gasteiger partial charge in [0.1, 0.15) is 0 Å². The van der Waals surface area contributed by atoms with Crippen LogP contribution in [0, 0.1) is 6.92 Å². The summed E-state index contributed by atoms with van der Waals surface area (Å²) in [4.78, 5) is 8.28. The molecular formula is C9H16N4. The Balaban J connectivity index is 2.37. The molecule has 4 nitrogen and oxygen atoms in total. The topological polar surface area (TPSA) is 63.8 Å². The first-order valence-corrected chi connectivity index (χ1v) is 4.47. The van der Waals surface area contributed by atoms with Crippen molar-refractivity contribution in [3.63, 3.8) is 0 Å². The fourth-order valence-electron chi connectivity index (χ4n) is 0.946. The van der Waals surface area contributed by atoms with Gasteiger partial charge in [0.15, 0.2) is 0 Å². The third-order valence-corrected chi connectivity index (χ3v) is 1.68. The number of rotatable bonds is 4. The van der Waals surface area contributed by atoms with Crippen LogP contribution in [0.2, 0.25) is 0 Å². The maximum Gasteiger partial charge on any atom is 0.222 e. The van der Waals surface area contributed by atoms with Gasteiger partial charge in [0.2, 0.25) is 5.95 Å². The third kappa shape index (κ3) is 3.85. The molecule has 0 amide bonds. The Morgan fingerprint density at radius 1 is 1.62 bits per heavy atom. The molecule has 0 fully saturated rings. The molecule has 13 heavy (non-hydrogen) atoms. The molecule has 0 saturated heterocycles. The first-order valence-electron chi connectivity index (χ1n) is 4.47. The summed E-state index contributed by atoms with van der Waals surface area (Å²) in [6.45, 7) is 4.75. The van der Waals surface area contributed by atoms with E-state index < -0.39 is 0 Å². The van der Waals surface area contributed by atoms with Crippen LogP contribution in [0.25, 0.3) is 0 Å². The molecule has 0 aliphatic rings. The van der Waals surface area contributed by atoms with Gasteiger partial charge in [-0.05, 0) is 26.3 Å². The van der Waals surface area contributed by atoms with Gasteiger partial charge in [-0.3, -0.25) is 0 Å². The van der Waals surface area contributed by atoms with E-state index in [1.54, 1.807) is 6.20 Å². The second-order valence-electron chi connectivity index (χ2n) is 3.21. The van der Waals surface area contributed by atoms with E-state index in [0.717, 1.165) is 18.7 Å². The number of nitrogens with zero attached hydrogens (tertiary/aromatic N) is 2. The van der Waals surface area contributed by atoms with Gasteiger partial charge in [-0.25, -0.2) is 9.97 Å². The number of hydrogen-bond acceptors (Lipinski definition) is 4. The zero-order valence-corrected chi connectivity index (χ0v) is 8.12. The monoisotopic (exact) mass is 180 g/mol. The van der Waals surface area contributed by atoms with E-state index in [0.29, 0.717) is 5.95 Å². The Hall–Kier alpha value is -1.16. The van der Waals surface area contributed by atoms with Crippen molar-refractivity contribution < 1.29 is 0 Å². The van der Waals surface area contributed by atoms with E-state index in [2.05, 4.69) is 15.3 Å². The standard InChI is InChI=1S/C9H16N4/c1-7(10)3-5-11-9-12-6-4-8(2)13-9/h4,6-7H,3,5,10H2,1-2H3,(H,11,12,13). The number of anilines is 1. The predicted octanol–water partition coefficient (Wildman–Crippen LogP) is 0.934. The Kier molecular flexibility index (Phi) is 3.64. The highest BCUT2D eigenvalue weighted by molar-refractivity contribution is 5.24. The zero-order valence-electron chi connectivity index (χ0n) is 8.12. The normalized spacial score (nSPS) is 12.5. The van der Waals surface area contributed by atoms with Crippen LogP contribution < -0.4 is 11.1 Å². The second-order valence-corrected chi connectivity index (χ2v) is 3.21. The highest BCUT2D eigenvalue weighted by atomic mass is 15.1. The fraction of sp³-hybridized carbons (Fsp3) is 0.556. The molecule has 1 heterocycles. The lowest BCUT2D eigenvalue weighted by molar-refractivity contribution is 0.688. The van der Waals surface area contributed by atoms with Crippen LogP contribution in [0.1, 0.15) is 19.0 Å². The molecule has 0 spiro atoms. The van der Waals surface area contributed by atoms with Gasteiger partial charge >= 0.3 is 0 Å². The van der Waals surface area contributed by atoms with Crippen LogP contribution in [0.4, 0.5) is 5.95 Å². The first-order chi connectivity index (χ1) is 6.18. The minimum Gasteiger partial charge on any atom is -0.354 e. The molecule has 1 atom stereocenters. The van der Waals surface area contributed by atoms with E-state index >= 15 is 0 Å². The molecule has 0 bridgehead atoms. The van der Waals surface area contributed by atoms with Gasteiger partial charge in [0.25, 0.3) is 0 Å². The first kappa shape index (κ1) is 9.92. The van der Waals surface area contributed by atoms with Crippen LogP contribution in [0.5, 0.6) is 0 Å². The summed E-state index contributed by atoms with van der Waals surface area (Å²) >= 11 is 0. The van der Waals surface area contributed by atoms with Crippen molar-refractivity contribution in [1.29, 1.82) is 0 Å². The van der Waals surface area contributed by atoms with Crippen molar-refractivity contribution in [2.45, 2.75) is 26.3 Å². The van der Waals surface area contributed by atoms with Crippen LogP contribution in [0.3, 0.4) is 0 Å². The van der Waals surface area contributed by atoms with Crippen molar-refractivity contribution >= 4 is 5.95 Å². The van der Waals surface area contributed by atoms with Gasteiger partial charge in [0, 0.05) is 24.5 Å². The number of aromatic nitrogens is 2. The lowest BCUT2D eigenvalue weighted by Gasteiger charge is -2.06. The number of aryl methyl sites for hydroxylation is 1. The lowest BCUT2D eigenvalue weighted by Crippen LogP contribution is -2.19. The molecule has 0 aliphatic heterocycles. The summed E-state index contributed by atoms with van der Waals surface area (Å²) in [5, 5.41) is 3.11. The summed E-state index contributed by atoms with van der Waals surface area (Å²) < 4.78 is 0. The van der Waals surface area contributed by atoms with Gasteiger partial charge in [-0.15, -0.1) is 0 Å². The van der Waals surface area contributed by atoms with Crippen LogP contribution >= 0.6 is 0 Å². The maximum atomic E-state index is 5.61. The molecule has 0 aliphatic carbocycles. The van der Waals surface area contributed by atoms with Crippen LogP contribution in [-0.4, -0.2) is 22.6 Å². The molecule has 1 aromatic heterocycles. The van der Waals surface area contributed by atoms with Crippen molar-refractivity contribution in [1.82, 2.24) is 9.97 Å². The average molecular weight is 180 g/mol. The highest BCUT2D eigenvalue weighted by Gasteiger charge is 1.96. The van der Waals surface area contributed by atoms with E-state index in [1.165, 1.54) is 0 Å². The predicted molar refractivity (Wildman–Crippen MR) is 53.5 cm³/mol. The second kappa shape index (κ2) is 4.77. The summed E-state index contributed by atoms with van der Waals surface area (Å²) in [6, 6.07) is 2.09. The van der Waals surface area contributed by atoms with Crippen molar-refractivity contribution in [3.8, 4) is 0 Å². The Bertz CT molecular complexity index is 260. The number of hydrogen-bond donors (Lipinski definition) is 2. The summed E-state index contributed by atoms with van der Waals surface area (Å²) in [7, 11) is 0. The quantitative estimate of drug-likeness (QED) is 0.723. The van der Waals surface area contributed by atoms with Crippen molar-refractivity contribution in [3.05, 3.63) is 18.0 Å². The van der Waals surface area contributed by atoms with E-state index in [1.807, 2.05) is 19.9 Å². The number of nitrogens with two attached hydrogens (primary N) is 1. The third-order valence-electron chi connectivity index (χ3n) is 1.68.